The quantitative estimate of drug-likeness (QED) is 0.859. The number of phenolic OH excluding ortho intramolecular Hbond substituents is 1. The summed E-state index contributed by atoms with van der Waals surface area (Å²) in [6, 6.07) is 9.48. The number of aromatic nitrogens is 1. The lowest BCUT2D eigenvalue weighted by Gasteiger charge is -2.35. The molecule has 1 aliphatic heterocycles. The van der Waals surface area contributed by atoms with E-state index in [9.17, 15) is 5.11 Å². The summed E-state index contributed by atoms with van der Waals surface area (Å²) in [7, 11) is 0. The Balaban J connectivity index is 2.12. The number of aliphatic imine (C=N–C) groups is 1. The molecule has 0 saturated carbocycles. The molecule has 0 spiro atoms. The highest BCUT2D eigenvalue weighted by atomic mass is 16.5. The highest BCUT2D eigenvalue weighted by Gasteiger charge is 2.28. The Morgan fingerprint density at radius 3 is 2.67 bits per heavy atom. The van der Waals surface area contributed by atoms with Crippen LogP contribution in [-0.4, -0.2) is 48.0 Å². The van der Waals surface area contributed by atoms with Gasteiger partial charge in [0, 0.05) is 30.4 Å². The maximum atomic E-state index is 10.8. The highest BCUT2D eigenvalue weighted by Crippen LogP contribution is 2.41. The molecule has 3 rings (SSSR count). The Morgan fingerprint density at radius 1 is 1.25 bits per heavy atom. The number of aromatic hydroxyl groups is 1. The molecule has 0 bridgehead atoms. The van der Waals surface area contributed by atoms with E-state index < -0.39 is 0 Å². The molecule has 2 aromatic rings. The van der Waals surface area contributed by atoms with Crippen molar-refractivity contribution in [3.8, 4) is 5.75 Å². The van der Waals surface area contributed by atoms with E-state index in [1.165, 1.54) is 0 Å². The van der Waals surface area contributed by atoms with E-state index in [4.69, 9.17) is 4.74 Å². The summed E-state index contributed by atoms with van der Waals surface area (Å²) >= 11 is 0. The zero-order valence-electron chi connectivity index (χ0n) is 13.6. The first-order valence-electron chi connectivity index (χ1n) is 7.94. The number of nitrogens with zero attached hydrogens (tertiary/aromatic N) is 3. The molecular formula is C19H21N3O2. The Kier molecular flexibility index (Phi) is 5.03. The minimum absolute atomic E-state index is 0.129. The number of rotatable bonds is 5. The predicted octanol–water partition coefficient (Wildman–Crippen LogP) is 3.18. The SMILES string of the molecule is C=Cc1ccc(C(c2ccccn2)N2CCOCC2)c(O)c1N=C. The average Bonchev–Trinajstić information content (AvgIpc) is 2.65. The van der Waals surface area contributed by atoms with Gasteiger partial charge in [-0.25, -0.2) is 0 Å². The van der Waals surface area contributed by atoms with Crippen LogP contribution in [0.3, 0.4) is 0 Å². The van der Waals surface area contributed by atoms with Crippen LogP contribution < -0.4 is 0 Å². The third-order valence-electron chi connectivity index (χ3n) is 4.26. The molecule has 0 aliphatic carbocycles. The van der Waals surface area contributed by atoms with Crippen molar-refractivity contribution in [2.24, 2.45) is 4.99 Å². The van der Waals surface area contributed by atoms with Gasteiger partial charge in [-0.1, -0.05) is 30.9 Å². The zero-order valence-corrected chi connectivity index (χ0v) is 13.6. The van der Waals surface area contributed by atoms with Crippen molar-refractivity contribution in [2.75, 3.05) is 26.3 Å². The fourth-order valence-corrected chi connectivity index (χ4v) is 3.08. The minimum Gasteiger partial charge on any atom is -0.505 e. The summed E-state index contributed by atoms with van der Waals surface area (Å²) in [4.78, 5) is 10.8. The summed E-state index contributed by atoms with van der Waals surface area (Å²) in [6.07, 6.45) is 3.43. The number of pyridine rings is 1. The van der Waals surface area contributed by atoms with Crippen LogP contribution in [0.15, 0.2) is 48.1 Å². The number of hydrogen-bond donors (Lipinski definition) is 1. The second-order valence-electron chi connectivity index (χ2n) is 5.61. The van der Waals surface area contributed by atoms with Gasteiger partial charge in [0.2, 0.25) is 0 Å². The number of benzene rings is 1. The zero-order chi connectivity index (χ0) is 16.9. The van der Waals surface area contributed by atoms with Gasteiger partial charge in [-0.2, -0.15) is 0 Å². The molecule has 2 heterocycles. The standard InChI is InChI=1S/C19H21N3O2/c1-3-14-7-8-15(19(23)17(14)20-2)18(16-6-4-5-9-21-16)22-10-12-24-13-11-22/h3-9,18,23H,1-2,10-13H2. The molecule has 1 unspecified atom stereocenters. The number of morpholine rings is 1. The molecule has 1 saturated heterocycles. The average molecular weight is 323 g/mol. The van der Waals surface area contributed by atoms with Gasteiger partial charge in [0.1, 0.15) is 11.4 Å². The second-order valence-corrected chi connectivity index (χ2v) is 5.61. The van der Waals surface area contributed by atoms with Gasteiger partial charge in [-0.05, 0) is 18.9 Å². The van der Waals surface area contributed by atoms with E-state index in [-0.39, 0.29) is 11.8 Å². The normalized spacial score (nSPS) is 16.5. The maximum Gasteiger partial charge on any atom is 0.146 e. The summed E-state index contributed by atoms with van der Waals surface area (Å²) in [5.74, 6) is 0.129. The number of ether oxygens (including phenoxy) is 1. The van der Waals surface area contributed by atoms with Crippen LogP contribution in [0.4, 0.5) is 5.69 Å². The van der Waals surface area contributed by atoms with Crippen LogP contribution >= 0.6 is 0 Å². The summed E-state index contributed by atoms with van der Waals surface area (Å²) in [5, 5.41) is 10.8. The van der Waals surface area contributed by atoms with E-state index >= 15 is 0 Å². The van der Waals surface area contributed by atoms with Crippen LogP contribution in [0, 0.1) is 0 Å². The Morgan fingerprint density at radius 2 is 2.04 bits per heavy atom. The van der Waals surface area contributed by atoms with Crippen LogP contribution in [-0.2, 0) is 4.74 Å². The first kappa shape index (κ1) is 16.4. The Hall–Kier alpha value is -2.50. The monoisotopic (exact) mass is 323 g/mol. The fourth-order valence-electron chi connectivity index (χ4n) is 3.08. The topological polar surface area (TPSA) is 58.0 Å². The third kappa shape index (κ3) is 3.09. The van der Waals surface area contributed by atoms with Crippen molar-refractivity contribution in [1.82, 2.24) is 9.88 Å². The van der Waals surface area contributed by atoms with E-state index in [0.29, 0.717) is 18.9 Å². The second kappa shape index (κ2) is 7.38. The molecule has 5 nitrogen and oxygen atoms in total. The van der Waals surface area contributed by atoms with E-state index in [2.05, 4.69) is 28.2 Å². The summed E-state index contributed by atoms with van der Waals surface area (Å²) in [5.41, 5.74) is 2.87. The molecule has 1 atom stereocenters. The molecule has 124 valence electrons. The molecule has 1 N–H and O–H groups in total. The summed E-state index contributed by atoms with van der Waals surface area (Å²) in [6.45, 7) is 10.2. The first-order valence-corrected chi connectivity index (χ1v) is 7.94. The van der Waals surface area contributed by atoms with Gasteiger partial charge in [0.25, 0.3) is 0 Å². The van der Waals surface area contributed by atoms with Gasteiger partial charge in [0.05, 0.1) is 24.9 Å². The van der Waals surface area contributed by atoms with Crippen molar-refractivity contribution < 1.29 is 9.84 Å². The van der Waals surface area contributed by atoms with Gasteiger partial charge in [0.15, 0.2) is 0 Å². The molecular weight excluding hydrogens is 302 g/mol. The number of hydrogen-bond acceptors (Lipinski definition) is 5. The van der Waals surface area contributed by atoms with Crippen molar-refractivity contribution in [1.29, 1.82) is 0 Å². The molecule has 1 fully saturated rings. The van der Waals surface area contributed by atoms with E-state index in [0.717, 1.165) is 29.9 Å². The van der Waals surface area contributed by atoms with E-state index in [1.807, 2.05) is 30.3 Å². The minimum atomic E-state index is -0.158. The highest BCUT2D eigenvalue weighted by molar-refractivity contribution is 5.73. The van der Waals surface area contributed by atoms with Crippen molar-refractivity contribution in [2.45, 2.75) is 6.04 Å². The third-order valence-corrected chi connectivity index (χ3v) is 4.26. The van der Waals surface area contributed by atoms with Crippen molar-refractivity contribution >= 4 is 18.5 Å². The van der Waals surface area contributed by atoms with Gasteiger partial charge < -0.3 is 9.84 Å². The van der Waals surface area contributed by atoms with Crippen LogP contribution in [0.1, 0.15) is 22.9 Å². The lowest BCUT2D eigenvalue weighted by molar-refractivity contribution is 0.0228. The molecule has 1 aromatic heterocycles. The lowest BCUT2D eigenvalue weighted by atomic mass is 9.96. The summed E-state index contributed by atoms with van der Waals surface area (Å²) < 4.78 is 5.47. The smallest absolute Gasteiger partial charge is 0.146 e. The first-order chi connectivity index (χ1) is 11.8. The molecule has 5 heteroatoms. The van der Waals surface area contributed by atoms with Gasteiger partial charge >= 0.3 is 0 Å². The Labute approximate surface area is 141 Å². The molecule has 1 aliphatic rings. The predicted molar refractivity (Wildman–Crippen MR) is 95.9 cm³/mol. The molecule has 0 radical (unpaired) electrons. The lowest BCUT2D eigenvalue weighted by Crippen LogP contribution is -2.39. The maximum absolute atomic E-state index is 10.8. The van der Waals surface area contributed by atoms with Crippen molar-refractivity contribution in [3.05, 3.63) is 59.9 Å². The fraction of sp³-hybridized carbons (Fsp3) is 0.263. The van der Waals surface area contributed by atoms with Crippen molar-refractivity contribution in [3.63, 3.8) is 0 Å². The van der Waals surface area contributed by atoms with Gasteiger partial charge in [-0.3, -0.25) is 14.9 Å². The van der Waals surface area contributed by atoms with Crippen LogP contribution in [0.2, 0.25) is 0 Å². The molecule has 24 heavy (non-hydrogen) atoms. The van der Waals surface area contributed by atoms with Gasteiger partial charge in [-0.15, -0.1) is 0 Å². The Bertz CT molecular complexity index is 725. The largest absolute Gasteiger partial charge is 0.505 e. The van der Waals surface area contributed by atoms with Crippen LogP contribution in [0.5, 0.6) is 5.75 Å². The van der Waals surface area contributed by atoms with Crippen LogP contribution in [0.25, 0.3) is 6.08 Å². The molecule has 0 amide bonds. The molecule has 1 aromatic carbocycles. The number of phenols is 1. The van der Waals surface area contributed by atoms with E-state index in [1.54, 1.807) is 12.3 Å².